The van der Waals surface area contributed by atoms with Gasteiger partial charge in [0, 0.05) is 18.4 Å². The molecule has 2 N–H and O–H groups in total. The van der Waals surface area contributed by atoms with E-state index in [0.717, 1.165) is 22.6 Å². The van der Waals surface area contributed by atoms with Crippen molar-refractivity contribution in [2.75, 3.05) is 25.0 Å². The predicted molar refractivity (Wildman–Crippen MR) is 95.0 cm³/mol. The number of rotatable bonds is 5. The summed E-state index contributed by atoms with van der Waals surface area (Å²) in [6.45, 7) is 3.43. The Hall–Kier alpha value is -1.98. The Morgan fingerprint density at radius 2 is 1.91 bits per heavy atom. The van der Waals surface area contributed by atoms with E-state index in [1.165, 1.54) is 31.5 Å². The normalized spacial score (nSPS) is 16.7. The van der Waals surface area contributed by atoms with Gasteiger partial charge >= 0.3 is 0 Å². The average molecular weight is 325 g/mol. The molecule has 1 aliphatic rings. The van der Waals surface area contributed by atoms with Crippen LogP contribution in [0.25, 0.3) is 10.2 Å². The highest BCUT2D eigenvalue weighted by Gasteiger charge is 2.27. The van der Waals surface area contributed by atoms with Crippen molar-refractivity contribution in [2.45, 2.75) is 18.9 Å². The first kappa shape index (κ1) is 14.6. The van der Waals surface area contributed by atoms with Crippen molar-refractivity contribution < 1.29 is 4.90 Å². The lowest BCUT2D eigenvalue weighted by atomic mass is 10.1. The molecular weight excluding hydrogens is 304 g/mol. The number of quaternary nitrogens is 1. The summed E-state index contributed by atoms with van der Waals surface area (Å²) in [6.07, 6.45) is 4.32. The van der Waals surface area contributed by atoms with E-state index < -0.39 is 0 Å². The number of nitrogens with one attached hydrogen (secondary N) is 2. The molecule has 0 bridgehead atoms. The number of likely N-dealkylation sites (tertiary alicyclic amines) is 1. The van der Waals surface area contributed by atoms with Crippen molar-refractivity contribution >= 4 is 27.4 Å². The van der Waals surface area contributed by atoms with Crippen LogP contribution in [-0.2, 0) is 0 Å². The van der Waals surface area contributed by atoms with Crippen LogP contribution in [0.1, 0.15) is 24.4 Å². The van der Waals surface area contributed by atoms with Crippen molar-refractivity contribution in [3.05, 3.63) is 53.7 Å². The van der Waals surface area contributed by atoms with Crippen molar-refractivity contribution in [1.82, 2.24) is 9.97 Å². The number of thiophene rings is 1. The van der Waals surface area contributed by atoms with Crippen LogP contribution in [0.2, 0.25) is 0 Å². The van der Waals surface area contributed by atoms with E-state index in [9.17, 15) is 0 Å². The lowest BCUT2D eigenvalue weighted by molar-refractivity contribution is -0.917. The topological polar surface area (TPSA) is 42.2 Å². The Kier molecular flexibility index (Phi) is 4.22. The van der Waals surface area contributed by atoms with E-state index in [0.29, 0.717) is 6.04 Å². The van der Waals surface area contributed by atoms with Gasteiger partial charge in [0.05, 0.1) is 25.0 Å². The fraction of sp³-hybridized carbons (Fsp3) is 0.333. The first-order valence-corrected chi connectivity index (χ1v) is 9.11. The summed E-state index contributed by atoms with van der Waals surface area (Å²) >= 11 is 1.66. The second-order valence-electron chi connectivity index (χ2n) is 6.07. The summed E-state index contributed by atoms with van der Waals surface area (Å²) in [7, 11) is 0. The van der Waals surface area contributed by atoms with E-state index >= 15 is 0 Å². The van der Waals surface area contributed by atoms with E-state index in [4.69, 9.17) is 0 Å². The molecule has 0 amide bonds. The Morgan fingerprint density at radius 1 is 1.09 bits per heavy atom. The molecule has 1 saturated heterocycles. The summed E-state index contributed by atoms with van der Waals surface area (Å²) < 4.78 is 0. The maximum Gasteiger partial charge on any atom is 0.138 e. The fourth-order valence-electron chi connectivity index (χ4n) is 3.49. The molecule has 1 aromatic carbocycles. The van der Waals surface area contributed by atoms with Gasteiger partial charge in [0.15, 0.2) is 0 Å². The van der Waals surface area contributed by atoms with Gasteiger partial charge in [-0.05, 0) is 11.4 Å². The van der Waals surface area contributed by atoms with Crippen LogP contribution in [0.15, 0.2) is 48.1 Å². The molecule has 118 valence electrons. The molecule has 0 spiro atoms. The van der Waals surface area contributed by atoms with Crippen LogP contribution in [0, 0.1) is 0 Å². The van der Waals surface area contributed by atoms with Gasteiger partial charge in [-0.25, -0.2) is 9.97 Å². The van der Waals surface area contributed by atoms with Gasteiger partial charge in [-0.1, -0.05) is 30.3 Å². The van der Waals surface area contributed by atoms with Crippen molar-refractivity contribution in [3.63, 3.8) is 0 Å². The zero-order valence-electron chi connectivity index (χ0n) is 13.0. The highest BCUT2D eigenvalue weighted by Crippen LogP contribution is 2.24. The maximum atomic E-state index is 4.45. The van der Waals surface area contributed by atoms with Crippen LogP contribution in [-0.4, -0.2) is 29.6 Å². The number of hydrogen-bond acceptors (Lipinski definition) is 4. The Bertz CT molecular complexity index is 765. The molecule has 1 aliphatic heterocycles. The molecule has 0 saturated carbocycles. The third-order valence-electron chi connectivity index (χ3n) is 4.68. The Balaban J connectivity index is 1.57. The summed E-state index contributed by atoms with van der Waals surface area (Å²) in [5, 5.41) is 6.78. The largest absolute Gasteiger partial charge is 0.363 e. The third-order valence-corrected chi connectivity index (χ3v) is 5.50. The molecule has 3 heterocycles. The Labute approximate surface area is 140 Å². The van der Waals surface area contributed by atoms with E-state index in [2.05, 4.69) is 57.1 Å². The highest BCUT2D eigenvalue weighted by atomic mass is 32.1. The molecule has 4 rings (SSSR count). The molecule has 4 nitrogen and oxygen atoms in total. The molecular formula is C18H21N4S+. The molecule has 1 atom stereocenters. The first-order valence-electron chi connectivity index (χ1n) is 8.23. The highest BCUT2D eigenvalue weighted by molar-refractivity contribution is 7.16. The summed E-state index contributed by atoms with van der Waals surface area (Å²) in [4.78, 5) is 11.5. The fourth-order valence-corrected chi connectivity index (χ4v) is 4.22. The number of fused-ring (bicyclic) bond motifs is 1. The van der Waals surface area contributed by atoms with Gasteiger partial charge in [-0.2, -0.15) is 0 Å². The third kappa shape index (κ3) is 3.07. The van der Waals surface area contributed by atoms with Gasteiger partial charge in [0.2, 0.25) is 0 Å². The van der Waals surface area contributed by atoms with Gasteiger partial charge < -0.3 is 10.2 Å². The minimum Gasteiger partial charge on any atom is -0.363 e. The lowest BCUT2D eigenvalue weighted by Crippen LogP contribution is -3.11. The van der Waals surface area contributed by atoms with E-state index in [1.807, 2.05) is 0 Å². The number of hydrogen-bond donors (Lipinski definition) is 2. The number of benzene rings is 1. The molecule has 2 aromatic heterocycles. The molecule has 0 aliphatic carbocycles. The molecule has 23 heavy (non-hydrogen) atoms. The first-order chi connectivity index (χ1) is 11.4. The van der Waals surface area contributed by atoms with Crippen molar-refractivity contribution in [1.29, 1.82) is 0 Å². The predicted octanol–water partition coefficient (Wildman–Crippen LogP) is 2.52. The number of nitrogens with zero attached hydrogens (tertiary/aromatic N) is 2. The van der Waals surface area contributed by atoms with Crippen LogP contribution in [0.3, 0.4) is 0 Å². The standard InChI is InChI=1S/C18H20N4S/c1-2-6-14(7-3-1)16(22-9-4-5-10-22)12-19-17-15-8-11-23-18(15)21-13-20-17/h1-3,6-8,11,13,16H,4-5,9-10,12H2,(H,19,20,21)/p+1/t16-/m1/s1. The molecule has 5 heteroatoms. The van der Waals surface area contributed by atoms with Crippen LogP contribution < -0.4 is 10.2 Å². The zero-order valence-corrected chi connectivity index (χ0v) is 13.9. The minimum absolute atomic E-state index is 0.474. The zero-order chi connectivity index (χ0) is 15.5. The van der Waals surface area contributed by atoms with Crippen molar-refractivity contribution in [2.24, 2.45) is 0 Å². The van der Waals surface area contributed by atoms with E-state index in [-0.39, 0.29) is 0 Å². The summed E-state index contributed by atoms with van der Waals surface area (Å²) in [5.41, 5.74) is 1.41. The SMILES string of the molecule is c1ccc([C@@H](CNc2ncnc3sccc23)[NH+]2CCCC2)cc1. The molecule has 0 unspecified atom stereocenters. The number of aromatic nitrogens is 2. The van der Waals surface area contributed by atoms with Crippen LogP contribution >= 0.6 is 11.3 Å². The second kappa shape index (κ2) is 6.64. The summed E-state index contributed by atoms with van der Waals surface area (Å²) in [6, 6.07) is 13.4. The average Bonchev–Trinajstić information content (AvgIpc) is 3.28. The minimum atomic E-state index is 0.474. The number of anilines is 1. The van der Waals surface area contributed by atoms with Crippen LogP contribution in [0.5, 0.6) is 0 Å². The molecule has 3 aromatic rings. The van der Waals surface area contributed by atoms with Crippen LogP contribution in [0.4, 0.5) is 5.82 Å². The smallest absolute Gasteiger partial charge is 0.138 e. The Morgan fingerprint density at radius 3 is 2.74 bits per heavy atom. The van der Waals surface area contributed by atoms with Crippen molar-refractivity contribution in [3.8, 4) is 0 Å². The quantitative estimate of drug-likeness (QED) is 0.757. The second-order valence-corrected chi connectivity index (χ2v) is 6.97. The lowest BCUT2D eigenvalue weighted by Gasteiger charge is -2.25. The summed E-state index contributed by atoms with van der Waals surface area (Å²) in [5.74, 6) is 0.954. The monoisotopic (exact) mass is 325 g/mol. The van der Waals surface area contributed by atoms with Gasteiger partial charge in [-0.15, -0.1) is 11.3 Å². The maximum absolute atomic E-state index is 4.45. The van der Waals surface area contributed by atoms with E-state index in [1.54, 1.807) is 22.6 Å². The molecule has 1 fully saturated rings. The van der Waals surface area contributed by atoms with Gasteiger partial charge in [-0.3, -0.25) is 0 Å². The van der Waals surface area contributed by atoms with Gasteiger partial charge in [0.25, 0.3) is 0 Å². The van der Waals surface area contributed by atoms with Gasteiger partial charge in [0.1, 0.15) is 23.0 Å². The molecule has 0 radical (unpaired) electrons.